The fourth-order valence-corrected chi connectivity index (χ4v) is 3.70. The van der Waals surface area contributed by atoms with E-state index in [9.17, 15) is 9.59 Å². The summed E-state index contributed by atoms with van der Waals surface area (Å²) in [6, 6.07) is 8.15. The molecule has 1 atom stereocenters. The van der Waals surface area contributed by atoms with Crippen molar-refractivity contribution in [3.8, 4) is 11.5 Å². The van der Waals surface area contributed by atoms with Crippen LogP contribution in [0.2, 0.25) is 0 Å². The van der Waals surface area contributed by atoms with Crippen LogP contribution in [0.15, 0.2) is 41.0 Å². The molecular weight excluding hydrogens is 426 g/mol. The van der Waals surface area contributed by atoms with Gasteiger partial charge in [-0.15, -0.1) is 0 Å². The van der Waals surface area contributed by atoms with Crippen molar-refractivity contribution < 1.29 is 28.2 Å². The molecule has 33 heavy (non-hydrogen) atoms. The lowest BCUT2D eigenvalue weighted by Gasteiger charge is -2.31. The summed E-state index contributed by atoms with van der Waals surface area (Å²) in [7, 11) is 3.08. The molecule has 2 aromatic rings. The summed E-state index contributed by atoms with van der Waals surface area (Å²) in [6.07, 6.45) is 3.47. The Morgan fingerprint density at radius 3 is 2.64 bits per heavy atom. The molecule has 0 spiro atoms. The zero-order valence-electron chi connectivity index (χ0n) is 19.7. The third kappa shape index (κ3) is 6.64. The van der Waals surface area contributed by atoms with Crippen molar-refractivity contribution in [3.63, 3.8) is 0 Å². The number of amides is 3. The zero-order chi connectivity index (χ0) is 23.8. The van der Waals surface area contributed by atoms with E-state index >= 15 is 0 Å². The van der Waals surface area contributed by atoms with Gasteiger partial charge in [-0.2, -0.15) is 0 Å². The van der Waals surface area contributed by atoms with Crippen molar-refractivity contribution in [2.75, 3.05) is 39.2 Å². The third-order valence-electron chi connectivity index (χ3n) is 5.57. The number of urea groups is 1. The minimum atomic E-state index is -0.392. The van der Waals surface area contributed by atoms with E-state index in [2.05, 4.69) is 5.32 Å². The second-order valence-corrected chi connectivity index (χ2v) is 8.21. The molecule has 180 valence electrons. The summed E-state index contributed by atoms with van der Waals surface area (Å²) in [6.45, 7) is 5.15. The summed E-state index contributed by atoms with van der Waals surface area (Å²) in [5.74, 6) is 1.59. The topological polar surface area (TPSA) is 93.5 Å². The number of methoxy groups -OCH3 is 2. The van der Waals surface area contributed by atoms with Gasteiger partial charge in [0.1, 0.15) is 23.8 Å². The van der Waals surface area contributed by atoms with E-state index < -0.39 is 6.03 Å². The maximum Gasteiger partial charge on any atom is 0.322 e. The average Bonchev–Trinajstić information content (AvgIpc) is 3.51. The molecule has 1 N–H and O–H groups in total. The molecule has 1 unspecified atom stereocenters. The van der Waals surface area contributed by atoms with Crippen LogP contribution >= 0.6 is 0 Å². The van der Waals surface area contributed by atoms with Crippen LogP contribution < -0.4 is 14.8 Å². The SMILES string of the molecule is COc1ccc(NC(=O)N(CC(=O)N(Cc2ccco2)CC2CCCO2)C(C)C)c(OC)c1. The molecule has 1 fully saturated rings. The van der Waals surface area contributed by atoms with Crippen molar-refractivity contribution in [1.82, 2.24) is 9.80 Å². The second kappa shape index (κ2) is 11.6. The quantitative estimate of drug-likeness (QED) is 0.582. The molecular formula is C24H33N3O6. The number of rotatable bonds is 10. The molecule has 9 nitrogen and oxygen atoms in total. The van der Waals surface area contributed by atoms with Gasteiger partial charge in [-0.3, -0.25) is 4.79 Å². The highest BCUT2D eigenvalue weighted by Crippen LogP contribution is 2.29. The van der Waals surface area contributed by atoms with Gasteiger partial charge in [-0.1, -0.05) is 0 Å². The lowest BCUT2D eigenvalue weighted by atomic mass is 10.2. The molecule has 1 saturated heterocycles. The Balaban J connectivity index is 1.71. The normalized spacial score (nSPS) is 15.4. The first-order valence-electron chi connectivity index (χ1n) is 11.1. The lowest BCUT2D eigenvalue weighted by molar-refractivity contribution is -0.134. The number of furan rings is 1. The van der Waals surface area contributed by atoms with Gasteiger partial charge in [0.2, 0.25) is 5.91 Å². The van der Waals surface area contributed by atoms with Gasteiger partial charge >= 0.3 is 6.03 Å². The Bertz CT molecular complexity index is 909. The molecule has 1 aliphatic heterocycles. The number of hydrogen-bond donors (Lipinski definition) is 1. The van der Waals surface area contributed by atoms with E-state index in [0.717, 1.165) is 12.8 Å². The fourth-order valence-electron chi connectivity index (χ4n) is 3.70. The molecule has 0 bridgehead atoms. The van der Waals surface area contributed by atoms with E-state index in [1.807, 2.05) is 19.9 Å². The Morgan fingerprint density at radius 1 is 1.21 bits per heavy atom. The van der Waals surface area contributed by atoms with Crippen molar-refractivity contribution in [2.24, 2.45) is 0 Å². The maximum absolute atomic E-state index is 13.3. The Kier molecular flexibility index (Phi) is 8.59. The van der Waals surface area contributed by atoms with Crippen molar-refractivity contribution in [3.05, 3.63) is 42.4 Å². The predicted octanol–water partition coefficient (Wildman–Crippen LogP) is 3.75. The van der Waals surface area contributed by atoms with Crippen LogP contribution in [0.1, 0.15) is 32.4 Å². The number of anilines is 1. The van der Waals surface area contributed by atoms with Gasteiger partial charge in [0.25, 0.3) is 0 Å². The van der Waals surface area contributed by atoms with Gasteiger partial charge in [0.15, 0.2) is 0 Å². The van der Waals surface area contributed by atoms with Gasteiger partial charge in [-0.05, 0) is 51.0 Å². The van der Waals surface area contributed by atoms with Gasteiger partial charge in [-0.25, -0.2) is 4.79 Å². The minimum Gasteiger partial charge on any atom is -0.497 e. The first kappa shape index (κ1) is 24.4. The Labute approximate surface area is 194 Å². The van der Waals surface area contributed by atoms with Crippen LogP contribution in [0.4, 0.5) is 10.5 Å². The summed E-state index contributed by atoms with van der Waals surface area (Å²) < 4.78 is 21.8. The number of nitrogens with zero attached hydrogens (tertiary/aromatic N) is 2. The first-order valence-corrected chi connectivity index (χ1v) is 11.1. The van der Waals surface area contributed by atoms with Crippen LogP contribution in [-0.2, 0) is 16.1 Å². The molecule has 1 aromatic carbocycles. The average molecular weight is 460 g/mol. The van der Waals surface area contributed by atoms with Gasteiger partial charge in [0.05, 0.1) is 38.8 Å². The molecule has 3 rings (SSSR count). The van der Waals surface area contributed by atoms with E-state index in [-0.39, 0.29) is 24.6 Å². The largest absolute Gasteiger partial charge is 0.497 e. The van der Waals surface area contributed by atoms with E-state index in [1.54, 1.807) is 42.5 Å². The summed E-state index contributed by atoms with van der Waals surface area (Å²) in [5, 5.41) is 2.85. The van der Waals surface area contributed by atoms with Crippen molar-refractivity contribution >= 4 is 17.6 Å². The Hall–Kier alpha value is -3.20. The number of benzene rings is 1. The fraction of sp³-hybridized carbons (Fsp3) is 0.500. The van der Waals surface area contributed by atoms with Crippen LogP contribution in [-0.4, -0.2) is 67.8 Å². The Morgan fingerprint density at radius 2 is 2.03 bits per heavy atom. The van der Waals surface area contributed by atoms with Crippen LogP contribution in [0.25, 0.3) is 0 Å². The molecule has 9 heteroatoms. The van der Waals surface area contributed by atoms with Crippen molar-refractivity contribution in [2.45, 2.75) is 45.4 Å². The predicted molar refractivity (Wildman–Crippen MR) is 124 cm³/mol. The zero-order valence-corrected chi connectivity index (χ0v) is 19.7. The number of carbonyl (C=O) groups is 2. The standard InChI is InChI=1S/C24H33N3O6/c1-17(2)27(24(29)25-21-10-9-18(30-3)13-22(21)31-4)16-23(28)26(14-19-7-5-11-32-19)15-20-8-6-12-33-20/h5,7,9-11,13,17,20H,6,8,12,14-16H2,1-4H3,(H,25,29). The summed E-state index contributed by atoms with van der Waals surface area (Å²) in [5.41, 5.74) is 0.494. The summed E-state index contributed by atoms with van der Waals surface area (Å²) >= 11 is 0. The van der Waals surface area contributed by atoms with Gasteiger partial charge < -0.3 is 33.7 Å². The van der Waals surface area contributed by atoms with Gasteiger partial charge in [0, 0.05) is 25.3 Å². The molecule has 1 aliphatic rings. The number of nitrogens with one attached hydrogen (secondary N) is 1. The molecule has 0 radical (unpaired) electrons. The second-order valence-electron chi connectivity index (χ2n) is 8.21. The highest BCUT2D eigenvalue weighted by atomic mass is 16.5. The highest BCUT2D eigenvalue weighted by molar-refractivity contribution is 5.94. The smallest absolute Gasteiger partial charge is 0.322 e. The maximum atomic E-state index is 13.3. The lowest BCUT2D eigenvalue weighted by Crippen LogP contribution is -2.48. The van der Waals surface area contributed by atoms with Crippen LogP contribution in [0, 0.1) is 0 Å². The van der Waals surface area contributed by atoms with Crippen LogP contribution in [0.3, 0.4) is 0 Å². The summed E-state index contributed by atoms with van der Waals surface area (Å²) in [4.78, 5) is 29.6. The van der Waals surface area contributed by atoms with E-state index in [1.165, 1.54) is 12.0 Å². The number of ether oxygens (including phenoxy) is 3. The third-order valence-corrected chi connectivity index (χ3v) is 5.57. The highest BCUT2D eigenvalue weighted by Gasteiger charge is 2.28. The molecule has 2 heterocycles. The molecule has 0 aliphatic carbocycles. The number of hydrogen-bond acceptors (Lipinski definition) is 6. The first-order chi connectivity index (χ1) is 15.9. The molecule has 1 aromatic heterocycles. The van der Waals surface area contributed by atoms with E-state index in [0.29, 0.717) is 42.6 Å². The van der Waals surface area contributed by atoms with Crippen molar-refractivity contribution in [1.29, 1.82) is 0 Å². The van der Waals surface area contributed by atoms with E-state index in [4.69, 9.17) is 18.6 Å². The molecule has 3 amide bonds. The monoisotopic (exact) mass is 459 g/mol. The molecule has 0 saturated carbocycles. The van der Waals surface area contributed by atoms with Crippen LogP contribution in [0.5, 0.6) is 11.5 Å². The number of carbonyl (C=O) groups excluding carboxylic acids is 2. The minimum absolute atomic E-state index is 0.00574.